The number of aliphatic imine (C=N–C) groups is 1. The van der Waals surface area contributed by atoms with Crippen LogP contribution in [0.15, 0.2) is 29.3 Å². The van der Waals surface area contributed by atoms with Crippen LogP contribution in [0.25, 0.3) is 0 Å². The molecule has 1 heterocycles. The van der Waals surface area contributed by atoms with E-state index in [1.165, 1.54) is 0 Å². The first-order valence-corrected chi connectivity index (χ1v) is 13.1. The third kappa shape index (κ3) is 8.20. The molecule has 0 saturated carbocycles. The van der Waals surface area contributed by atoms with Crippen LogP contribution in [-0.4, -0.2) is 70.8 Å². The SMILES string of the molecule is CC[C@H](C)[C@H](NC(=O)C(S)CCCN1C(=O)c2ccccc2C1=O)C(=O)N[C@@H](CCCN=C(N)N)C(N)=O. The number of benzene rings is 1. The van der Waals surface area contributed by atoms with E-state index in [4.69, 9.17) is 17.2 Å². The zero-order valence-corrected chi connectivity index (χ0v) is 22.6. The number of imide groups is 1. The predicted molar refractivity (Wildman–Crippen MR) is 146 cm³/mol. The van der Waals surface area contributed by atoms with Gasteiger partial charge in [0.15, 0.2) is 5.96 Å². The maximum absolute atomic E-state index is 13.0. The number of hydrogen-bond donors (Lipinski definition) is 6. The van der Waals surface area contributed by atoms with Crippen LogP contribution >= 0.6 is 12.6 Å². The van der Waals surface area contributed by atoms with Crippen LogP contribution in [0.3, 0.4) is 0 Å². The number of nitrogens with two attached hydrogens (primary N) is 3. The van der Waals surface area contributed by atoms with Gasteiger partial charge in [-0.05, 0) is 43.7 Å². The Morgan fingerprint density at radius 2 is 1.58 bits per heavy atom. The third-order valence-electron chi connectivity index (χ3n) is 6.44. The summed E-state index contributed by atoms with van der Waals surface area (Å²) in [5, 5.41) is 4.56. The second-order valence-corrected chi connectivity index (χ2v) is 9.87. The second-order valence-electron chi connectivity index (χ2n) is 9.25. The molecule has 0 fully saturated rings. The number of carbonyl (C=O) groups excluding carboxylic acids is 5. The number of thiol groups is 1. The van der Waals surface area contributed by atoms with Gasteiger partial charge in [0.2, 0.25) is 17.7 Å². The number of carbonyl (C=O) groups is 5. The van der Waals surface area contributed by atoms with Crippen molar-refractivity contribution in [2.45, 2.75) is 63.3 Å². The Kier molecular flexibility index (Phi) is 11.6. The molecule has 13 heteroatoms. The standard InChI is InChI=1S/C25H37N7O5S/c1-3-14(2)19(22(35)30-17(20(26)33)10-6-12-29-25(27)28)31-21(34)18(38)11-7-13-32-23(36)15-8-4-5-9-16(15)24(32)37/h4-5,8-9,14,17-19,38H,3,6-7,10-13H2,1-2H3,(H2,26,33)(H,30,35)(H,31,34)(H4,27,28,29)/t14-,17-,18?,19-/m0/s1. The van der Waals surface area contributed by atoms with Crippen molar-refractivity contribution in [3.63, 3.8) is 0 Å². The van der Waals surface area contributed by atoms with Crippen molar-refractivity contribution in [1.82, 2.24) is 15.5 Å². The quantitative estimate of drug-likeness (QED) is 0.0578. The number of nitrogens with zero attached hydrogens (tertiary/aromatic N) is 2. The molecule has 0 aliphatic carbocycles. The Labute approximate surface area is 227 Å². The molecular weight excluding hydrogens is 510 g/mol. The molecule has 0 saturated heterocycles. The lowest BCUT2D eigenvalue weighted by molar-refractivity contribution is -0.132. The number of guanidine groups is 1. The highest BCUT2D eigenvalue weighted by atomic mass is 32.1. The molecule has 1 aliphatic heterocycles. The number of primary amides is 1. The van der Waals surface area contributed by atoms with Gasteiger partial charge >= 0.3 is 0 Å². The topological polar surface area (TPSA) is 203 Å². The summed E-state index contributed by atoms with van der Waals surface area (Å²) in [5.41, 5.74) is 16.8. The second kappa shape index (κ2) is 14.4. The molecule has 1 aromatic carbocycles. The predicted octanol–water partition coefficient (Wildman–Crippen LogP) is -0.0842. The van der Waals surface area contributed by atoms with Gasteiger partial charge in [-0.25, -0.2) is 0 Å². The van der Waals surface area contributed by atoms with Crippen molar-refractivity contribution in [3.05, 3.63) is 35.4 Å². The molecule has 0 radical (unpaired) electrons. The molecule has 0 spiro atoms. The molecule has 4 atom stereocenters. The molecule has 8 N–H and O–H groups in total. The third-order valence-corrected chi connectivity index (χ3v) is 6.93. The number of amides is 5. The van der Waals surface area contributed by atoms with E-state index in [2.05, 4.69) is 28.3 Å². The summed E-state index contributed by atoms with van der Waals surface area (Å²) in [7, 11) is 0. The van der Waals surface area contributed by atoms with Crippen LogP contribution in [0.1, 0.15) is 66.7 Å². The number of rotatable bonds is 15. The molecule has 5 amide bonds. The van der Waals surface area contributed by atoms with Crippen LogP contribution < -0.4 is 27.8 Å². The first-order valence-electron chi connectivity index (χ1n) is 12.6. The van der Waals surface area contributed by atoms with Gasteiger partial charge < -0.3 is 27.8 Å². The van der Waals surface area contributed by atoms with E-state index in [9.17, 15) is 24.0 Å². The van der Waals surface area contributed by atoms with E-state index < -0.39 is 35.1 Å². The molecule has 2 rings (SSSR count). The Morgan fingerprint density at radius 3 is 2.11 bits per heavy atom. The summed E-state index contributed by atoms with van der Waals surface area (Å²) >= 11 is 4.37. The smallest absolute Gasteiger partial charge is 0.261 e. The van der Waals surface area contributed by atoms with Crippen molar-refractivity contribution >= 4 is 48.1 Å². The molecule has 12 nitrogen and oxygen atoms in total. The number of hydrogen-bond acceptors (Lipinski definition) is 7. The van der Waals surface area contributed by atoms with E-state index >= 15 is 0 Å². The van der Waals surface area contributed by atoms with Gasteiger partial charge in [-0.2, -0.15) is 12.6 Å². The Balaban J connectivity index is 1.92. The molecule has 38 heavy (non-hydrogen) atoms. The van der Waals surface area contributed by atoms with Gasteiger partial charge in [0, 0.05) is 13.1 Å². The fraction of sp³-hybridized carbons (Fsp3) is 0.520. The summed E-state index contributed by atoms with van der Waals surface area (Å²) in [6, 6.07) is 4.74. The van der Waals surface area contributed by atoms with Gasteiger partial charge in [-0.15, -0.1) is 0 Å². The van der Waals surface area contributed by atoms with Gasteiger partial charge in [0.25, 0.3) is 11.8 Å². The largest absolute Gasteiger partial charge is 0.370 e. The van der Waals surface area contributed by atoms with E-state index in [-0.39, 0.29) is 49.6 Å². The van der Waals surface area contributed by atoms with Crippen molar-refractivity contribution in [2.75, 3.05) is 13.1 Å². The molecule has 1 aliphatic rings. The fourth-order valence-corrected chi connectivity index (χ4v) is 4.28. The Bertz CT molecular complexity index is 1040. The highest BCUT2D eigenvalue weighted by molar-refractivity contribution is 7.81. The summed E-state index contributed by atoms with van der Waals surface area (Å²) in [6.07, 6.45) is 1.85. The highest BCUT2D eigenvalue weighted by Crippen LogP contribution is 2.23. The molecule has 1 unspecified atom stereocenters. The lowest BCUT2D eigenvalue weighted by Crippen LogP contribution is -2.56. The number of nitrogens with one attached hydrogen (secondary N) is 2. The van der Waals surface area contributed by atoms with E-state index in [1.54, 1.807) is 31.2 Å². The summed E-state index contributed by atoms with van der Waals surface area (Å²) in [4.78, 5) is 67.8. The van der Waals surface area contributed by atoms with Crippen molar-refractivity contribution in [3.8, 4) is 0 Å². The minimum atomic E-state index is -0.952. The lowest BCUT2D eigenvalue weighted by atomic mass is 9.97. The maximum Gasteiger partial charge on any atom is 0.261 e. The first kappa shape index (κ1) is 30.6. The minimum absolute atomic E-state index is 0.0748. The first-order chi connectivity index (χ1) is 18.0. The Morgan fingerprint density at radius 1 is 0.974 bits per heavy atom. The van der Waals surface area contributed by atoms with Crippen molar-refractivity contribution in [1.29, 1.82) is 0 Å². The summed E-state index contributed by atoms with van der Waals surface area (Å²) in [6.45, 7) is 4.10. The molecule has 1 aromatic rings. The van der Waals surface area contributed by atoms with Gasteiger partial charge in [0.1, 0.15) is 12.1 Å². The summed E-state index contributed by atoms with van der Waals surface area (Å²) in [5.74, 6) is -2.76. The Hall–Kier alpha value is -3.61. The fourth-order valence-electron chi connectivity index (χ4n) is 4.02. The van der Waals surface area contributed by atoms with E-state index in [0.717, 1.165) is 4.90 Å². The van der Waals surface area contributed by atoms with Crippen LogP contribution in [0.5, 0.6) is 0 Å². The average molecular weight is 548 g/mol. The van der Waals surface area contributed by atoms with Crippen LogP contribution in [0, 0.1) is 5.92 Å². The van der Waals surface area contributed by atoms with Crippen LogP contribution in [0.4, 0.5) is 0 Å². The van der Waals surface area contributed by atoms with E-state index in [1.807, 2.05) is 6.92 Å². The van der Waals surface area contributed by atoms with Gasteiger partial charge in [0.05, 0.1) is 16.4 Å². The zero-order valence-electron chi connectivity index (χ0n) is 21.7. The van der Waals surface area contributed by atoms with Crippen molar-refractivity contribution in [2.24, 2.45) is 28.1 Å². The van der Waals surface area contributed by atoms with Crippen LogP contribution in [0.2, 0.25) is 0 Å². The zero-order chi connectivity index (χ0) is 28.4. The monoisotopic (exact) mass is 547 g/mol. The van der Waals surface area contributed by atoms with Crippen molar-refractivity contribution < 1.29 is 24.0 Å². The van der Waals surface area contributed by atoms with Gasteiger partial charge in [-0.3, -0.25) is 33.9 Å². The molecule has 0 aromatic heterocycles. The molecular formula is C25H37N7O5S. The molecule has 208 valence electrons. The maximum atomic E-state index is 13.0. The summed E-state index contributed by atoms with van der Waals surface area (Å²) < 4.78 is 0. The van der Waals surface area contributed by atoms with E-state index in [0.29, 0.717) is 30.4 Å². The minimum Gasteiger partial charge on any atom is -0.370 e. The van der Waals surface area contributed by atoms with Gasteiger partial charge in [-0.1, -0.05) is 32.4 Å². The number of fused-ring (bicyclic) bond motifs is 1. The normalized spacial score (nSPS) is 15.7. The molecule has 0 bridgehead atoms. The lowest BCUT2D eigenvalue weighted by Gasteiger charge is -2.27. The average Bonchev–Trinajstić information content (AvgIpc) is 3.12. The highest BCUT2D eigenvalue weighted by Gasteiger charge is 2.35. The van der Waals surface area contributed by atoms with Crippen LogP contribution in [-0.2, 0) is 14.4 Å².